The molecular weight excluding hydrogens is 401 g/mol. The Labute approximate surface area is 177 Å². The lowest BCUT2D eigenvalue weighted by Gasteiger charge is -2.26. The molecule has 5 rings (SSSR count). The smallest absolute Gasteiger partial charge is 0.277 e. The molecule has 4 nitrogen and oxygen atoms in total. The molecular formula is C24H17ClFN3O. The number of hydrogen-bond acceptors (Lipinski definition) is 2. The predicted octanol–water partition coefficient (Wildman–Crippen LogP) is 5.93. The van der Waals surface area contributed by atoms with Crippen LogP contribution >= 0.6 is 11.6 Å². The van der Waals surface area contributed by atoms with E-state index in [0.29, 0.717) is 33.2 Å². The van der Waals surface area contributed by atoms with Crippen molar-refractivity contribution >= 4 is 23.2 Å². The van der Waals surface area contributed by atoms with Gasteiger partial charge in [0.25, 0.3) is 5.91 Å². The van der Waals surface area contributed by atoms with Gasteiger partial charge >= 0.3 is 0 Å². The Balaban J connectivity index is 1.74. The van der Waals surface area contributed by atoms with E-state index < -0.39 is 6.04 Å². The lowest BCUT2D eigenvalue weighted by Crippen LogP contribution is -2.29. The molecule has 0 bridgehead atoms. The van der Waals surface area contributed by atoms with Gasteiger partial charge in [-0.05, 0) is 37.3 Å². The normalized spacial score (nSPS) is 15.5. The Kier molecular flexibility index (Phi) is 4.40. The maximum Gasteiger partial charge on any atom is 0.277 e. The number of carbonyl (C=O) groups is 1. The molecule has 1 aliphatic heterocycles. The molecule has 6 heteroatoms. The van der Waals surface area contributed by atoms with Crippen LogP contribution in [0.1, 0.15) is 33.2 Å². The van der Waals surface area contributed by atoms with Crippen LogP contribution in [0.5, 0.6) is 0 Å². The molecule has 3 aromatic carbocycles. The largest absolute Gasteiger partial charge is 0.295 e. The first-order chi connectivity index (χ1) is 14.5. The standard InChI is InChI=1S/C24H17ClFN3O/c1-14-6-8-15(9-7-14)21-20-22(28-27-21)24(30)29(17-12-10-16(25)11-13-17)23(20)18-4-2-3-5-19(18)26/h2-13,23H,1H3,(H,27,28)/t23-/m0/s1. The van der Waals surface area contributed by atoms with Crippen molar-refractivity contribution in [3.05, 3.63) is 106 Å². The highest BCUT2D eigenvalue weighted by Gasteiger charge is 2.44. The van der Waals surface area contributed by atoms with Gasteiger partial charge in [-0.25, -0.2) is 4.39 Å². The molecule has 1 N–H and O–H groups in total. The molecule has 30 heavy (non-hydrogen) atoms. The molecule has 0 radical (unpaired) electrons. The molecule has 2 heterocycles. The van der Waals surface area contributed by atoms with Gasteiger partial charge < -0.3 is 0 Å². The third kappa shape index (κ3) is 2.90. The highest BCUT2D eigenvalue weighted by Crippen LogP contribution is 2.45. The summed E-state index contributed by atoms with van der Waals surface area (Å²) < 4.78 is 14.9. The van der Waals surface area contributed by atoms with Crippen LogP contribution in [0.15, 0.2) is 72.8 Å². The molecule has 4 aromatic rings. The summed E-state index contributed by atoms with van der Waals surface area (Å²) in [6, 6.07) is 20.7. The van der Waals surface area contributed by atoms with Crippen molar-refractivity contribution in [2.75, 3.05) is 4.90 Å². The highest BCUT2D eigenvalue weighted by molar-refractivity contribution is 6.30. The fourth-order valence-corrected chi connectivity index (χ4v) is 4.06. The lowest BCUT2D eigenvalue weighted by molar-refractivity contribution is 0.0988. The topological polar surface area (TPSA) is 49.0 Å². The number of rotatable bonds is 3. The second-order valence-electron chi connectivity index (χ2n) is 7.30. The van der Waals surface area contributed by atoms with Crippen LogP contribution in [0.4, 0.5) is 10.1 Å². The molecule has 0 unspecified atom stereocenters. The van der Waals surface area contributed by atoms with Gasteiger partial charge in [-0.3, -0.25) is 14.8 Å². The number of nitrogens with one attached hydrogen (secondary N) is 1. The number of hydrogen-bond donors (Lipinski definition) is 1. The minimum Gasteiger partial charge on any atom is -0.295 e. The van der Waals surface area contributed by atoms with Gasteiger partial charge in [0.2, 0.25) is 0 Å². The number of aryl methyl sites for hydroxylation is 1. The zero-order chi connectivity index (χ0) is 20.8. The van der Waals surface area contributed by atoms with Crippen LogP contribution < -0.4 is 4.90 Å². The third-order valence-electron chi connectivity index (χ3n) is 5.40. The minimum atomic E-state index is -0.648. The molecule has 1 atom stereocenters. The fraction of sp³-hybridized carbons (Fsp3) is 0.0833. The highest BCUT2D eigenvalue weighted by atomic mass is 35.5. The molecule has 0 aliphatic carbocycles. The van der Waals surface area contributed by atoms with Crippen molar-refractivity contribution < 1.29 is 9.18 Å². The van der Waals surface area contributed by atoms with Crippen LogP contribution in [0, 0.1) is 12.7 Å². The van der Waals surface area contributed by atoms with Gasteiger partial charge in [-0.1, -0.05) is 59.6 Å². The van der Waals surface area contributed by atoms with E-state index in [1.54, 1.807) is 47.4 Å². The second kappa shape index (κ2) is 7.11. The molecule has 1 aromatic heterocycles. The lowest BCUT2D eigenvalue weighted by atomic mass is 9.95. The van der Waals surface area contributed by atoms with Crippen LogP contribution in [0.25, 0.3) is 11.3 Å². The molecule has 1 aliphatic rings. The van der Waals surface area contributed by atoms with Crippen molar-refractivity contribution in [1.29, 1.82) is 0 Å². The first kappa shape index (κ1) is 18.6. The first-order valence-electron chi connectivity index (χ1n) is 9.53. The van der Waals surface area contributed by atoms with Crippen molar-refractivity contribution in [3.63, 3.8) is 0 Å². The average molecular weight is 418 g/mol. The van der Waals surface area contributed by atoms with Gasteiger partial charge in [-0.15, -0.1) is 0 Å². The van der Waals surface area contributed by atoms with E-state index in [1.165, 1.54) is 6.07 Å². The van der Waals surface area contributed by atoms with Crippen LogP contribution in [-0.2, 0) is 0 Å². The zero-order valence-electron chi connectivity index (χ0n) is 16.1. The van der Waals surface area contributed by atoms with E-state index in [1.807, 2.05) is 31.2 Å². The van der Waals surface area contributed by atoms with Gasteiger partial charge in [0.05, 0.1) is 11.7 Å². The quantitative estimate of drug-likeness (QED) is 0.449. The van der Waals surface area contributed by atoms with E-state index >= 15 is 0 Å². The molecule has 0 saturated carbocycles. The van der Waals surface area contributed by atoms with E-state index in [9.17, 15) is 9.18 Å². The Morgan fingerprint density at radius 1 is 1.00 bits per heavy atom. The molecule has 0 saturated heterocycles. The Morgan fingerprint density at radius 3 is 2.40 bits per heavy atom. The Morgan fingerprint density at radius 2 is 1.70 bits per heavy atom. The van der Waals surface area contributed by atoms with Gasteiger partial charge in [0.1, 0.15) is 11.5 Å². The summed E-state index contributed by atoms with van der Waals surface area (Å²) in [6.07, 6.45) is 0. The number of anilines is 1. The number of aromatic amines is 1. The molecule has 0 fully saturated rings. The monoisotopic (exact) mass is 417 g/mol. The summed E-state index contributed by atoms with van der Waals surface area (Å²) in [5.41, 5.74) is 4.72. The Bertz CT molecular complexity index is 1250. The van der Waals surface area contributed by atoms with Crippen LogP contribution in [-0.4, -0.2) is 16.1 Å². The number of aromatic nitrogens is 2. The third-order valence-corrected chi connectivity index (χ3v) is 5.65. The number of amides is 1. The van der Waals surface area contributed by atoms with Gasteiger partial charge in [-0.2, -0.15) is 5.10 Å². The van der Waals surface area contributed by atoms with Gasteiger partial charge in [0, 0.05) is 27.4 Å². The van der Waals surface area contributed by atoms with Crippen LogP contribution in [0.2, 0.25) is 5.02 Å². The number of halogens is 2. The number of carbonyl (C=O) groups excluding carboxylic acids is 1. The molecule has 1 amide bonds. The molecule has 0 spiro atoms. The maximum absolute atomic E-state index is 14.9. The number of fused-ring (bicyclic) bond motifs is 1. The van der Waals surface area contributed by atoms with E-state index in [-0.39, 0.29) is 11.7 Å². The Hall–Kier alpha value is -3.44. The van der Waals surface area contributed by atoms with Crippen molar-refractivity contribution in [1.82, 2.24) is 10.2 Å². The summed E-state index contributed by atoms with van der Waals surface area (Å²) in [5, 5.41) is 7.87. The average Bonchev–Trinajstić information content (AvgIpc) is 3.29. The van der Waals surface area contributed by atoms with Gasteiger partial charge in [0.15, 0.2) is 0 Å². The summed E-state index contributed by atoms with van der Waals surface area (Å²) in [4.78, 5) is 15.0. The fourth-order valence-electron chi connectivity index (χ4n) is 3.94. The predicted molar refractivity (Wildman–Crippen MR) is 115 cm³/mol. The van der Waals surface area contributed by atoms with Crippen molar-refractivity contribution in [3.8, 4) is 11.3 Å². The summed E-state index contributed by atoms with van der Waals surface area (Å²) >= 11 is 6.04. The summed E-state index contributed by atoms with van der Waals surface area (Å²) in [6.45, 7) is 2.01. The van der Waals surface area contributed by atoms with Crippen molar-refractivity contribution in [2.24, 2.45) is 0 Å². The number of H-pyrrole nitrogens is 1. The van der Waals surface area contributed by atoms with E-state index in [0.717, 1.165) is 11.1 Å². The van der Waals surface area contributed by atoms with E-state index in [4.69, 9.17) is 11.6 Å². The van der Waals surface area contributed by atoms with Crippen molar-refractivity contribution in [2.45, 2.75) is 13.0 Å². The first-order valence-corrected chi connectivity index (χ1v) is 9.91. The second-order valence-corrected chi connectivity index (χ2v) is 7.74. The molecule has 148 valence electrons. The van der Waals surface area contributed by atoms with Crippen LogP contribution in [0.3, 0.4) is 0 Å². The van der Waals surface area contributed by atoms with E-state index in [2.05, 4.69) is 10.2 Å². The number of nitrogens with zero attached hydrogens (tertiary/aromatic N) is 2. The maximum atomic E-state index is 14.9. The zero-order valence-corrected chi connectivity index (χ0v) is 16.8. The SMILES string of the molecule is Cc1ccc(-c2n[nH]c3c2[C@H](c2ccccc2F)N(c2ccc(Cl)cc2)C3=O)cc1. The number of benzene rings is 3. The minimum absolute atomic E-state index is 0.258. The summed E-state index contributed by atoms with van der Waals surface area (Å²) in [7, 11) is 0. The summed E-state index contributed by atoms with van der Waals surface area (Å²) in [5.74, 6) is -0.635.